The lowest BCUT2D eigenvalue weighted by Crippen LogP contribution is -2.48. The molecule has 1 saturated heterocycles. The van der Waals surface area contributed by atoms with Gasteiger partial charge in [-0.25, -0.2) is 12.8 Å². The molecule has 22 heavy (non-hydrogen) atoms. The molecule has 1 aliphatic heterocycles. The van der Waals surface area contributed by atoms with Crippen LogP contribution in [0.2, 0.25) is 0 Å². The number of carbonyl (C=O) groups is 1. The number of hydrogen-bond donors (Lipinski definition) is 1. The topological polar surface area (TPSA) is 69.7 Å². The van der Waals surface area contributed by atoms with Crippen LogP contribution in [0.3, 0.4) is 0 Å². The molecule has 1 aromatic rings. The third-order valence-corrected chi connectivity index (χ3v) is 5.56. The fourth-order valence-corrected chi connectivity index (χ4v) is 3.58. The lowest BCUT2D eigenvalue weighted by molar-refractivity contribution is -0.105. The van der Waals surface area contributed by atoms with Crippen LogP contribution in [0, 0.1) is 5.82 Å². The molecule has 0 bridgehead atoms. The highest BCUT2D eigenvalue weighted by molar-refractivity contribution is 7.89. The zero-order valence-electron chi connectivity index (χ0n) is 12.5. The summed E-state index contributed by atoms with van der Waals surface area (Å²) in [5.41, 5.74) is 1.16. The van der Waals surface area contributed by atoms with Gasteiger partial charge < -0.3 is 5.32 Å². The van der Waals surface area contributed by atoms with Crippen LogP contribution in [0.4, 0.5) is 10.1 Å². The minimum absolute atomic E-state index is 0.109. The number of amides is 1. The molecule has 0 aliphatic carbocycles. The monoisotopic (exact) mass is 329 g/mol. The van der Waals surface area contributed by atoms with Gasteiger partial charge in [-0.15, -0.1) is 0 Å². The molecule has 1 heterocycles. The van der Waals surface area contributed by atoms with Crippen molar-refractivity contribution in [2.24, 2.45) is 0 Å². The number of hydrogen-bond acceptors (Lipinski definition) is 4. The van der Waals surface area contributed by atoms with Crippen LogP contribution in [-0.4, -0.2) is 56.0 Å². The van der Waals surface area contributed by atoms with Crippen molar-refractivity contribution in [1.82, 2.24) is 9.21 Å². The molecular weight excluding hydrogens is 309 g/mol. The van der Waals surface area contributed by atoms with Gasteiger partial charge in [-0.2, -0.15) is 4.31 Å². The van der Waals surface area contributed by atoms with E-state index in [2.05, 4.69) is 10.2 Å². The Hall–Kier alpha value is -1.51. The van der Waals surface area contributed by atoms with Crippen LogP contribution < -0.4 is 5.32 Å². The molecule has 1 aromatic carbocycles. The largest absolute Gasteiger partial charge is 0.329 e. The first-order chi connectivity index (χ1) is 10.4. The van der Waals surface area contributed by atoms with Crippen LogP contribution in [0.1, 0.15) is 12.5 Å². The number of nitrogens with one attached hydrogen (secondary N) is 1. The number of sulfonamides is 1. The van der Waals surface area contributed by atoms with Crippen molar-refractivity contribution in [3.8, 4) is 0 Å². The van der Waals surface area contributed by atoms with E-state index in [0.29, 0.717) is 44.8 Å². The average molecular weight is 329 g/mol. The predicted molar refractivity (Wildman–Crippen MR) is 82.4 cm³/mol. The van der Waals surface area contributed by atoms with Gasteiger partial charge in [-0.3, -0.25) is 9.69 Å². The Labute approximate surface area is 130 Å². The quantitative estimate of drug-likeness (QED) is 0.786. The van der Waals surface area contributed by atoms with Gasteiger partial charge >= 0.3 is 0 Å². The van der Waals surface area contributed by atoms with E-state index in [1.807, 2.05) is 0 Å². The van der Waals surface area contributed by atoms with E-state index in [0.717, 1.165) is 5.56 Å². The molecule has 0 aromatic heterocycles. The zero-order valence-corrected chi connectivity index (χ0v) is 13.3. The number of nitrogens with zero attached hydrogens (tertiary/aromatic N) is 2. The van der Waals surface area contributed by atoms with E-state index in [9.17, 15) is 17.6 Å². The maximum atomic E-state index is 13.5. The van der Waals surface area contributed by atoms with E-state index in [4.69, 9.17) is 0 Å². The summed E-state index contributed by atoms with van der Waals surface area (Å²) in [5, 5.41) is 2.43. The van der Waals surface area contributed by atoms with Crippen LogP contribution >= 0.6 is 0 Å². The SMILES string of the molecule is CCS(=O)(=O)N1CCN(Cc2cc(F)cc(NC=O)c2)CC1. The van der Waals surface area contributed by atoms with E-state index in [-0.39, 0.29) is 5.75 Å². The highest BCUT2D eigenvalue weighted by Crippen LogP contribution is 2.17. The Balaban J connectivity index is 1.97. The summed E-state index contributed by atoms with van der Waals surface area (Å²) in [6, 6.07) is 4.39. The summed E-state index contributed by atoms with van der Waals surface area (Å²) in [6.07, 6.45) is 0.507. The highest BCUT2D eigenvalue weighted by Gasteiger charge is 2.25. The van der Waals surface area contributed by atoms with Crippen molar-refractivity contribution in [1.29, 1.82) is 0 Å². The van der Waals surface area contributed by atoms with E-state index < -0.39 is 15.8 Å². The first-order valence-electron chi connectivity index (χ1n) is 7.14. The van der Waals surface area contributed by atoms with Crippen molar-refractivity contribution < 1.29 is 17.6 Å². The van der Waals surface area contributed by atoms with Crippen LogP contribution in [0.5, 0.6) is 0 Å². The summed E-state index contributed by atoms with van der Waals surface area (Å²) >= 11 is 0. The van der Waals surface area contributed by atoms with Crippen molar-refractivity contribution in [2.75, 3.05) is 37.2 Å². The predicted octanol–water partition coefficient (Wildman–Crippen LogP) is 0.861. The smallest absolute Gasteiger partial charge is 0.213 e. The van der Waals surface area contributed by atoms with Crippen LogP contribution in [0.15, 0.2) is 18.2 Å². The van der Waals surface area contributed by atoms with Crippen molar-refractivity contribution in [2.45, 2.75) is 13.5 Å². The third kappa shape index (κ3) is 4.25. The van der Waals surface area contributed by atoms with Gasteiger partial charge in [0.1, 0.15) is 5.82 Å². The second kappa shape index (κ2) is 7.17. The Morgan fingerprint density at radius 2 is 1.91 bits per heavy atom. The molecule has 8 heteroatoms. The number of carbonyl (C=O) groups excluding carboxylic acids is 1. The summed E-state index contributed by atoms with van der Waals surface area (Å²) in [5.74, 6) is -0.300. The maximum absolute atomic E-state index is 13.5. The second-order valence-corrected chi connectivity index (χ2v) is 7.44. The fourth-order valence-electron chi connectivity index (χ4n) is 2.50. The average Bonchev–Trinajstić information content (AvgIpc) is 2.47. The summed E-state index contributed by atoms with van der Waals surface area (Å²) < 4.78 is 38.6. The van der Waals surface area contributed by atoms with Gasteiger partial charge in [0.2, 0.25) is 16.4 Å². The highest BCUT2D eigenvalue weighted by atomic mass is 32.2. The number of anilines is 1. The lowest BCUT2D eigenvalue weighted by atomic mass is 10.1. The maximum Gasteiger partial charge on any atom is 0.213 e. The Morgan fingerprint density at radius 1 is 1.23 bits per heavy atom. The summed E-state index contributed by atoms with van der Waals surface area (Å²) in [7, 11) is -3.14. The van der Waals surface area contributed by atoms with Gasteiger partial charge in [-0.05, 0) is 30.7 Å². The lowest BCUT2D eigenvalue weighted by Gasteiger charge is -2.33. The molecule has 0 saturated carbocycles. The first kappa shape index (κ1) is 16.9. The number of halogens is 1. The molecule has 0 atom stereocenters. The minimum atomic E-state index is -3.14. The molecule has 1 amide bonds. The fraction of sp³-hybridized carbons (Fsp3) is 0.500. The molecule has 0 spiro atoms. The van der Waals surface area contributed by atoms with E-state index in [1.54, 1.807) is 13.0 Å². The van der Waals surface area contributed by atoms with Crippen LogP contribution in [-0.2, 0) is 21.4 Å². The van der Waals surface area contributed by atoms with Crippen molar-refractivity contribution >= 4 is 22.1 Å². The molecular formula is C14H20FN3O3S. The van der Waals surface area contributed by atoms with Crippen molar-refractivity contribution in [3.05, 3.63) is 29.6 Å². The van der Waals surface area contributed by atoms with Gasteiger partial charge in [0, 0.05) is 38.4 Å². The number of piperazine rings is 1. The van der Waals surface area contributed by atoms with Gasteiger partial charge in [-0.1, -0.05) is 0 Å². The molecule has 1 aliphatic rings. The standard InChI is InChI=1S/C14H20FN3O3S/c1-2-22(20,21)18-5-3-17(4-6-18)10-12-7-13(15)9-14(8-12)16-11-19/h7-9,11H,2-6,10H2,1H3,(H,16,19). The second-order valence-electron chi connectivity index (χ2n) is 5.19. The molecule has 1 fully saturated rings. The third-order valence-electron chi connectivity index (χ3n) is 3.68. The van der Waals surface area contributed by atoms with Gasteiger partial charge in [0.05, 0.1) is 5.75 Å². The normalized spacial score (nSPS) is 17.4. The summed E-state index contributed by atoms with van der Waals surface area (Å²) in [6.45, 7) is 4.26. The molecule has 1 N–H and O–H groups in total. The van der Waals surface area contributed by atoms with E-state index >= 15 is 0 Å². The zero-order chi connectivity index (χ0) is 16.2. The molecule has 6 nitrogen and oxygen atoms in total. The van der Waals surface area contributed by atoms with Gasteiger partial charge in [0.15, 0.2) is 0 Å². The van der Waals surface area contributed by atoms with Crippen molar-refractivity contribution in [3.63, 3.8) is 0 Å². The number of benzene rings is 1. The van der Waals surface area contributed by atoms with Crippen LogP contribution in [0.25, 0.3) is 0 Å². The molecule has 122 valence electrons. The number of rotatable bonds is 6. The Bertz CT molecular complexity index is 628. The Kier molecular flexibility index (Phi) is 5.49. The minimum Gasteiger partial charge on any atom is -0.329 e. The molecule has 0 radical (unpaired) electrons. The van der Waals surface area contributed by atoms with Gasteiger partial charge in [0.25, 0.3) is 0 Å². The summed E-state index contributed by atoms with van der Waals surface area (Å²) in [4.78, 5) is 12.5. The first-order valence-corrected chi connectivity index (χ1v) is 8.75. The van der Waals surface area contributed by atoms with E-state index in [1.165, 1.54) is 16.4 Å². The molecule has 0 unspecified atom stereocenters. The molecule has 2 rings (SSSR count). The Morgan fingerprint density at radius 3 is 2.50 bits per heavy atom.